The van der Waals surface area contributed by atoms with Gasteiger partial charge in [0.05, 0.1) is 0 Å². The second-order valence-corrected chi connectivity index (χ2v) is 9.73. The van der Waals surface area contributed by atoms with Gasteiger partial charge in [0, 0.05) is 0 Å². The molecule has 0 spiro atoms. The molecule has 23 heavy (non-hydrogen) atoms. The van der Waals surface area contributed by atoms with Crippen molar-refractivity contribution in [2.75, 3.05) is 6.61 Å². The molecule has 0 aromatic heterocycles. The fourth-order valence-electron chi connectivity index (χ4n) is 3.76. The van der Waals surface area contributed by atoms with E-state index in [1.54, 1.807) is 11.8 Å². The molecular weight excluding hydrogens is 425 g/mol. The zero-order valence-corrected chi connectivity index (χ0v) is 16.4. The van der Waals surface area contributed by atoms with Gasteiger partial charge < -0.3 is 0 Å². The summed E-state index contributed by atoms with van der Waals surface area (Å²) in [4.78, 5) is 27.0. The predicted octanol–water partition coefficient (Wildman–Crippen LogP) is 1.75. The third kappa shape index (κ3) is 3.09. The van der Waals surface area contributed by atoms with Gasteiger partial charge in [0.25, 0.3) is 0 Å². The number of benzene rings is 1. The Hall–Kier alpha value is -0.841. The van der Waals surface area contributed by atoms with Crippen molar-refractivity contribution in [2.24, 2.45) is 5.92 Å². The molecule has 5 atom stereocenters. The van der Waals surface area contributed by atoms with E-state index in [4.69, 9.17) is 4.74 Å². The quantitative estimate of drug-likeness (QED) is 0.403. The fraction of sp³-hybridized carbons (Fsp3) is 0.529. The summed E-state index contributed by atoms with van der Waals surface area (Å²) in [5, 5.41) is 0. The summed E-state index contributed by atoms with van der Waals surface area (Å²) in [7, 11) is 0. The molecule has 2 fully saturated rings. The van der Waals surface area contributed by atoms with Crippen LogP contribution in [-0.4, -0.2) is 55.3 Å². The van der Waals surface area contributed by atoms with Crippen LogP contribution in [0.2, 0.25) is 4.82 Å². The molecule has 2 aliphatic rings. The van der Waals surface area contributed by atoms with Crippen LogP contribution in [0, 0.1) is 5.92 Å². The summed E-state index contributed by atoms with van der Waals surface area (Å²) in [6.45, 7) is 3.71. The zero-order chi connectivity index (χ0) is 16.6. The second-order valence-electron chi connectivity index (χ2n) is 5.92. The molecule has 1 saturated heterocycles. The molecule has 1 aliphatic heterocycles. The molecule has 4 nitrogen and oxygen atoms in total. The molecule has 1 aliphatic carbocycles. The van der Waals surface area contributed by atoms with Crippen molar-refractivity contribution in [3.63, 3.8) is 0 Å². The van der Waals surface area contributed by atoms with Crippen molar-refractivity contribution >= 4 is 47.2 Å². The molecule has 1 saturated carbocycles. The molecule has 124 valence electrons. The molecule has 1 aromatic carbocycles. The van der Waals surface area contributed by atoms with E-state index in [2.05, 4.69) is 28.1 Å². The van der Waals surface area contributed by atoms with E-state index in [1.165, 1.54) is 4.46 Å². The summed E-state index contributed by atoms with van der Waals surface area (Å²) in [5.41, 5.74) is 0. The first kappa shape index (κ1) is 17.0. The maximum absolute atomic E-state index is 12.4. The Morgan fingerprint density at radius 2 is 2.04 bits per heavy atom. The average Bonchev–Trinajstić information content (AvgIpc) is 2.99. The Labute approximate surface area is 151 Å². The third-order valence-electron chi connectivity index (χ3n) is 4.56. The monoisotopic (exact) mass is 445 g/mol. The van der Waals surface area contributed by atoms with Crippen LogP contribution in [0.3, 0.4) is 0 Å². The number of nitrogens with zero attached hydrogens (tertiary/aromatic N) is 1. The second kappa shape index (κ2) is 6.96. The molecular formula is C17H20BrNO3Se. The van der Waals surface area contributed by atoms with Crippen LogP contribution in [0.25, 0.3) is 0 Å². The first-order chi connectivity index (χ1) is 11.0. The number of halogens is 1. The van der Waals surface area contributed by atoms with Crippen molar-refractivity contribution < 1.29 is 14.3 Å². The number of hydrogen-bond acceptors (Lipinski definition) is 3. The number of hydrogen-bond donors (Lipinski definition) is 0. The van der Waals surface area contributed by atoms with Crippen LogP contribution >= 0.6 is 15.9 Å². The van der Waals surface area contributed by atoms with E-state index in [-0.39, 0.29) is 43.6 Å². The minimum atomic E-state index is -0.415. The Bertz CT molecular complexity index is 597. The number of carbonyl (C=O) groups excluding carboxylic acids is 2. The summed E-state index contributed by atoms with van der Waals surface area (Å²) < 4.78 is 6.57. The number of likely N-dealkylation sites (tertiary alicyclic amines) is 1. The van der Waals surface area contributed by atoms with Crippen molar-refractivity contribution in [1.82, 2.24) is 4.90 Å². The first-order valence-corrected chi connectivity index (χ1v) is 10.6. The number of alkyl halides is 1. The third-order valence-corrected chi connectivity index (χ3v) is 8.51. The molecule has 6 heteroatoms. The van der Waals surface area contributed by atoms with Crippen LogP contribution in [0.5, 0.6) is 0 Å². The minimum absolute atomic E-state index is 0.0337. The molecule has 3 rings (SSSR count). The van der Waals surface area contributed by atoms with Gasteiger partial charge in [-0.15, -0.1) is 0 Å². The van der Waals surface area contributed by atoms with Gasteiger partial charge in [0.1, 0.15) is 0 Å². The number of amides is 1. The van der Waals surface area contributed by atoms with Crippen LogP contribution in [0.15, 0.2) is 30.3 Å². The zero-order valence-electron chi connectivity index (χ0n) is 13.1. The predicted molar refractivity (Wildman–Crippen MR) is 93.1 cm³/mol. The standard InChI is InChI=1S/C17H20BrNO3Se/c1-3-22-17(21)14-12-9-13(18)15(19(14)10(2)20)16(12)23-11-7-5-4-6-8-11/h4-8,12-16H,3,9H2,1-2H3/t12-,13+,14+,15-,16-/m0/s1. The van der Waals surface area contributed by atoms with Gasteiger partial charge in [-0.1, -0.05) is 0 Å². The van der Waals surface area contributed by atoms with Crippen molar-refractivity contribution in [3.8, 4) is 0 Å². The van der Waals surface area contributed by atoms with Crippen LogP contribution in [0.4, 0.5) is 0 Å². The fourth-order valence-corrected chi connectivity index (χ4v) is 8.43. The summed E-state index contributed by atoms with van der Waals surface area (Å²) >= 11 is 3.97. The first-order valence-electron chi connectivity index (χ1n) is 7.86. The molecule has 1 aromatic rings. The summed E-state index contributed by atoms with van der Waals surface area (Å²) in [6.07, 6.45) is 0.928. The van der Waals surface area contributed by atoms with Gasteiger partial charge in [-0.05, 0) is 0 Å². The van der Waals surface area contributed by atoms with Gasteiger partial charge in [0.15, 0.2) is 0 Å². The van der Waals surface area contributed by atoms with Gasteiger partial charge >= 0.3 is 151 Å². The van der Waals surface area contributed by atoms with Gasteiger partial charge in [0.2, 0.25) is 0 Å². The number of esters is 1. The Kier molecular flexibility index (Phi) is 5.14. The molecule has 2 bridgehead atoms. The van der Waals surface area contributed by atoms with Crippen LogP contribution in [0.1, 0.15) is 20.3 Å². The van der Waals surface area contributed by atoms with Crippen LogP contribution < -0.4 is 4.46 Å². The molecule has 0 radical (unpaired) electrons. The van der Waals surface area contributed by atoms with E-state index in [1.807, 2.05) is 25.1 Å². The Balaban J connectivity index is 1.89. The number of rotatable bonds is 4. The van der Waals surface area contributed by atoms with E-state index in [0.717, 1.165) is 6.42 Å². The molecule has 1 amide bonds. The number of fused-ring (bicyclic) bond motifs is 2. The van der Waals surface area contributed by atoms with E-state index < -0.39 is 6.04 Å². The van der Waals surface area contributed by atoms with Gasteiger partial charge in [-0.25, -0.2) is 0 Å². The van der Waals surface area contributed by atoms with Crippen molar-refractivity contribution in [1.29, 1.82) is 0 Å². The number of ether oxygens (including phenoxy) is 1. The molecule has 0 unspecified atom stereocenters. The van der Waals surface area contributed by atoms with Crippen LogP contribution in [-0.2, 0) is 14.3 Å². The average molecular weight is 445 g/mol. The van der Waals surface area contributed by atoms with E-state index in [9.17, 15) is 9.59 Å². The van der Waals surface area contributed by atoms with Crippen molar-refractivity contribution in [3.05, 3.63) is 30.3 Å². The topological polar surface area (TPSA) is 46.6 Å². The Morgan fingerprint density at radius 3 is 2.65 bits per heavy atom. The van der Waals surface area contributed by atoms with E-state index >= 15 is 0 Å². The molecule has 0 N–H and O–H groups in total. The van der Waals surface area contributed by atoms with Gasteiger partial charge in [-0.2, -0.15) is 0 Å². The number of piperidine rings is 1. The van der Waals surface area contributed by atoms with Crippen molar-refractivity contribution in [2.45, 2.75) is 42.0 Å². The normalized spacial score (nSPS) is 32.1. The summed E-state index contributed by atoms with van der Waals surface area (Å²) in [5.74, 6) is -0.0930. The number of carbonyl (C=O) groups is 2. The Morgan fingerprint density at radius 1 is 1.35 bits per heavy atom. The summed E-state index contributed by atoms with van der Waals surface area (Å²) in [6, 6.07) is 10.1. The maximum atomic E-state index is 12.4. The SMILES string of the molecule is CCOC(=O)[C@H]1[C@@H]2C[C@@H](Br)[C@@H]([C@H]2[Se]c2ccccc2)N1C(C)=O. The molecule has 1 heterocycles. The van der Waals surface area contributed by atoms with Gasteiger partial charge in [-0.3, -0.25) is 0 Å². The van der Waals surface area contributed by atoms with E-state index in [0.29, 0.717) is 11.4 Å².